The Balaban J connectivity index is 1.84. The molecule has 0 N–H and O–H groups in total. The Morgan fingerprint density at radius 1 is 1.19 bits per heavy atom. The molecule has 3 heteroatoms. The number of benzene rings is 1. The van der Waals surface area contributed by atoms with Crippen LogP contribution in [0.5, 0.6) is 0 Å². The van der Waals surface area contributed by atoms with E-state index in [0.717, 1.165) is 5.69 Å². The van der Waals surface area contributed by atoms with E-state index < -0.39 is 0 Å². The Morgan fingerprint density at radius 3 is 2.56 bits per heavy atom. The normalized spacial score (nSPS) is 10.6. The Labute approximate surface area is 95.7 Å². The van der Waals surface area contributed by atoms with E-state index in [1.54, 1.807) is 0 Å². The van der Waals surface area contributed by atoms with E-state index in [1.165, 1.54) is 11.1 Å². The second kappa shape index (κ2) is 4.94. The van der Waals surface area contributed by atoms with Crippen LogP contribution in [0.2, 0.25) is 0 Å². The molecule has 2 rings (SSSR count). The summed E-state index contributed by atoms with van der Waals surface area (Å²) in [6, 6.07) is 10.1. The first-order chi connectivity index (χ1) is 7.75. The van der Waals surface area contributed by atoms with Crippen molar-refractivity contribution in [1.29, 1.82) is 0 Å². The van der Waals surface area contributed by atoms with Crippen LogP contribution in [0.1, 0.15) is 16.8 Å². The van der Waals surface area contributed by atoms with Gasteiger partial charge >= 0.3 is 0 Å². The molecule has 84 valence electrons. The Kier molecular flexibility index (Phi) is 3.37. The molecule has 1 heterocycles. The monoisotopic (exact) mass is 216 g/mol. The third-order valence-electron chi connectivity index (χ3n) is 2.53. The maximum Gasteiger partial charge on any atom is 0.139 e. The van der Waals surface area contributed by atoms with Crippen LogP contribution in [0, 0.1) is 13.8 Å². The molecule has 0 aliphatic carbocycles. The van der Waals surface area contributed by atoms with Gasteiger partial charge in [-0.2, -0.15) is 5.10 Å². The number of hydrogen-bond acceptors (Lipinski definition) is 2. The van der Waals surface area contributed by atoms with Gasteiger partial charge in [-0.1, -0.05) is 30.3 Å². The van der Waals surface area contributed by atoms with Crippen LogP contribution in [0.25, 0.3) is 0 Å². The molecule has 0 saturated carbocycles. The second-order valence-electron chi connectivity index (χ2n) is 3.90. The summed E-state index contributed by atoms with van der Waals surface area (Å²) >= 11 is 0. The van der Waals surface area contributed by atoms with Gasteiger partial charge in [0.15, 0.2) is 0 Å². The second-order valence-corrected chi connectivity index (χ2v) is 3.90. The van der Waals surface area contributed by atoms with E-state index in [9.17, 15) is 0 Å². The van der Waals surface area contributed by atoms with E-state index in [4.69, 9.17) is 4.74 Å². The minimum absolute atomic E-state index is 0.504. The smallest absolute Gasteiger partial charge is 0.139 e. The van der Waals surface area contributed by atoms with E-state index in [-0.39, 0.29) is 0 Å². The average molecular weight is 216 g/mol. The van der Waals surface area contributed by atoms with Gasteiger partial charge in [-0.25, -0.2) is 4.68 Å². The minimum atomic E-state index is 0.504. The topological polar surface area (TPSA) is 27.1 Å². The van der Waals surface area contributed by atoms with Gasteiger partial charge in [-0.3, -0.25) is 0 Å². The highest BCUT2D eigenvalue weighted by Crippen LogP contribution is 2.04. The van der Waals surface area contributed by atoms with Crippen LogP contribution in [0.15, 0.2) is 36.5 Å². The van der Waals surface area contributed by atoms with Gasteiger partial charge in [0, 0.05) is 6.20 Å². The van der Waals surface area contributed by atoms with Gasteiger partial charge in [-0.15, -0.1) is 0 Å². The first-order valence-electron chi connectivity index (χ1n) is 5.38. The molecule has 0 atom stereocenters. The number of ether oxygens (including phenoxy) is 1. The summed E-state index contributed by atoms with van der Waals surface area (Å²) in [4.78, 5) is 0. The van der Waals surface area contributed by atoms with Crippen molar-refractivity contribution in [3.05, 3.63) is 53.3 Å². The molecule has 0 radical (unpaired) electrons. The summed E-state index contributed by atoms with van der Waals surface area (Å²) in [6.45, 7) is 5.18. The van der Waals surface area contributed by atoms with Crippen molar-refractivity contribution < 1.29 is 4.74 Å². The molecule has 0 bridgehead atoms. The van der Waals surface area contributed by atoms with Crippen molar-refractivity contribution in [3.8, 4) is 0 Å². The molecule has 16 heavy (non-hydrogen) atoms. The molecular formula is C13H16N2O. The molecule has 0 aliphatic heterocycles. The van der Waals surface area contributed by atoms with Crippen molar-refractivity contribution in [2.75, 3.05) is 0 Å². The zero-order valence-corrected chi connectivity index (χ0v) is 9.68. The van der Waals surface area contributed by atoms with Crippen molar-refractivity contribution >= 4 is 0 Å². The van der Waals surface area contributed by atoms with Gasteiger partial charge in [0.05, 0.1) is 12.3 Å². The summed E-state index contributed by atoms with van der Waals surface area (Å²) in [5.74, 6) is 0. The number of rotatable bonds is 4. The zero-order valence-electron chi connectivity index (χ0n) is 9.68. The molecule has 0 spiro atoms. The van der Waals surface area contributed by atoms with Crippen LogP contribution < -0.4 is 0 Å². The van der Waals surface area contributed by atoms with Crippen LogP contribution in [-0.2, 0) is 18.1 Å². The largest absolute Gasteiger partial charge is 0.355 e. The highest BCUT2D eigenvalue weighted by atomic mass is 16.5. The van der Waals surface area contributed by atoms with E-state index in [0.29, 0.717) is 13.3 Å². The van der Waals surface area contributed by atoms with Gasteiger partial charge in [0.25, 0.3) is 0 Å². The lowest BCUT2D eigenvalue weighted by Crippen LogP contribution is -2.03. The number of nitrogens with zero attached hydrogens (tertiary/aromatic N) is 2. The Hall–Kier alpha value is -1.61. The SMILES string of the molecule is Cc1cn(COCc2ccccc2)nc1C. The van der Waals surface area contributed by atoms with Crippen LogP contribution in [0.4, 0.5) is 0 Å². The van der Waals surface area contributed by atoms with Crippen molar-refractivity contribution in [1.82, 2.24) is 9.78 Å². The molecule has 1 aromatic heterocycles. The molecule has 0 aliphatic rings. The fourth-order valence-corrected chi connectivity index (χ4v) is 1.51. The standard InChI is InChI=1S/C13H16N2O/c1-11-8-15(14-12(11)2)10-16-9-13-6-4-3-5-7-13/h3-8H,9-10H2,1-2H3. The number of hydrogen-bond donors (Lipinski definition) is 0. The molecule has 0 saturated heterocycles. The van der Waals surface area contributed by atoms with Crippen molar-refractivity contribution in [2.45, 2.75) is 27.2 Å². The summed E-state index contributed by atoms with van der Waals surface area (Å²) in [6.07, 6.45) is 2.00. The van der Waals surface area contributed by atoms with Gasteiger partial charge < -0.3 is 4.74 Å². The van der Waals surface area contributed by atoms with Crippen LogP contribution in [0.3, 0.4) is 0 Å². The zero-order chi connectivity index (χ0) is 11.4. The minimum Gasteiger partial charge on any atom is -0.355 e. The maximum absolute atomic E-state index is 5.57. The van der Waals surface area contributed by atoms with Crippen LogP contribution in [-0.4, -0.2) is 9.78 Å². The lowest BCUT2D eigenvalue weighted by molar-refractivity contribution is 0.0559. The first kappa shape index (κ1) is 10.9. The van der Waals surface area contributed by atoms with E-state index in [2.05, 4.69) is 24.2 Å². The highest BCUT2D eigenvalue weighted by molar-refractivity contribution is 5.13. The molecular weight excluding hydrogens is 200 g/mol. The number of aryl methyl sites for hydroxylation is 2. The average Bonchev–Trinajstić information content (AvgIpc) is 2.60. The predicted octanol–water partition coefficient (Wildman–Crippen LogP) is 2.67. The molecule has 3 nitrogen and oxygen atoms in total. The van der Waals surface area contributed by atoms with Gasteiger partial charge in [-0.05, 0) is 25.0 Å². The summed E-state index contributed by atoms with van der Waals surface area (Å²) in [5.41, 5.74) is 3.44. The maximum atomic E-state index is 5.57. The van der Waals surface area contributed by atoms with Crippen molar-refractivity contribution in [2.24, 2.45) is 0 Å². The summed E-state index contributed by atoms with van der Waals surface area (Å²) in [5, 5.41) is 4.33. The quantitative estimate of drug-likeness (QED) is 0.785. The van der Waals surface area contributed by atoms with E-state index in [1.807, 2.05) is 36.0 Å². The summed E-state index contributed by atoms with van der Waals surface area (Å²) in [7, 11) is 0. The first-order valence-corrected chi connectivity index (χ1v) is 5.38. The van der Waals surface area contributed by atoms with Gasteiger partial charge in [0.1, 0.15) is 6.73 Å². The number of aromatic nitrogens is 2. The fourth-order valence-electron chi connectivity index (χ4n) is 1.51. The lowest BCUT2D eigenvalue weighted by atomic mass is 10.2. The molecule has 0 amide bonds. The van der Waals surface area contributed by atoms with Crippen LogP contribution >= 0.6 is 0 Å². The fraction of sp³-hybridized carbons (Fsp3) is 0.308. The third-order valence-corrected chi connectivity index (χ3v) is 2.53. The van der Waals surface area contributed by atoms with Gasteiger partial charge in [0.2, 0.25) is 0 Å². The third kappa shape index (κ3) is 2.70. The predicted molar refractivity (Wildman–Crippen MR) is 62.9 cm³/mol. The lowest BCUT2D eigenvalue weighted by Gasteiger charge is -2.04. The Bertz CT molecular complexity index is 429. The van der Waals surface area contributed by atoms with E-state index >= 15 is 0 Å². The molecule has 0 fully saturated rings. The van der Waals surface area contributed by atoms with Crippen molar-refractivity contribution in [3.63, 3.8) is 0 Å². The summed E-state index contributed by atoms with van der Waals surface area (Å²) < 4.78 is 7.40. The molecule has 1 aromatic carbocycles. The Morgan fingerprint density at radius 2 is 1.94 bits per heavy atom. The molecule has 2 aromatic rings. The molecule has 0 unspecified atom stereocenters. The highest BCUT2D eigenvalue weighted by Gasteiger charge is 1.99.